The van der Waals surface area contributed by atoms with Gasteiger partial charge < -0.3 is 15.7 Å². The first-order valence-corrected chi connectivity index (χ1v) is 5.05. The summed E-state index contributed by atoms with van der Waals surface area (Å²) in [7, 11) is 0. The van der Waals surface area contributed by atoms with Crippen molar-refractivity contribution >= 4 is 18.4 Å². The van der Waals surface area contributed by atoms with E-state index in [0.717, 1.165) is 25.2 Å². The second-order valence-corrected chi connectivity index (χ2v) is 3.64. The first-order chi connectivity index (χ1) is 7.27. The van der Waals surface area contributed by atoms with Crippen molar-refractivity contribution in [2.24, 2.45) is 0 Å². The maximum Gasteiger partial charge on any atom is 0.335 e. The number of carboxylic acid groups (broad SMARTS) is 1. The second-order valence-electron chi connectivity index (χ2n) is 3.64. The van der Waals surface area contributed by atoms with Crippen LogP contribution in [0.3, 0.4) is 0 Å². The summed E-state index contributed by atoms with van der Waals surface area (Å²) in [6, 6.07) is 7.33. The third-order valence-electron chi connectivity index (χ3n) is 2.60. The van der Waals surface area contributed by atoms with Gasteiger partial charge in [-0.15, -0.1) is 12.4 Å². The lowest BCUT2D eigenvalue weighted by atomic mass is 10.0. The van der Waals surface area contributed by atoms with Gasteiger partial charge in [0, 0.05) is 25.7 Å². The van der Waals surface area contributed by atoms with E-state index in [1.807, 2.05) is 12.1 Å². The maximum atomic E-state index is 10.7. The summed E-state index contributed by atoms with van der Waals surface area (Å²) in [5, 5.41) is 15.4. The number of nitrogens with one attached hydrogen (secondary N) is 2. The number of piperazine rings is 1. The van der Waals surface area contributed by atoms with Crippen LogP contribution in [0.1, 0.15) is 22.0 Å². The van der Waals surface area contributed by atoms with Gasteiger partial charge in [-0.3, -0.25) is 0 Å². The average Bonchev–Trinajstić information content (AvgIpc) is 2.30. The molecule has 3 N–H and O–H groups in total. The van der Waals surface area contributed by atoms with Gasteiger partial charge in [0.05, 0.1) is 5.56 Å². The Balaban J connectivity index is 0.00000128. The van der Waals surface area contributed by atoms with Crippen molar-refractivity contribution in [2.45, 2.75) is 6.04 Å². The van der Waals surface area contributed by atoms with Gasteiger partial charge in [0.2, 0.25) is 0 Å². The summed E-state index contributed by atoms with van der Waals surface area (Å²) in [6.45, 7) is 2.83. The van der Waals surface area contributed by atoms with Crippen molar-refractivity contribution in [2.75, 3.05) is 19.6 Å². The van der Waals surface area contributed by atoms with Crippen molar-refractivity contribution in [3.63, 3.8) is 0 Å². The van der Waals surface area contributed by atoms with Gasteiger partial charge in [0.1, 0.15) is 0 Å². The molecule has 0 aliphatic carbocycles. The summed E-state index contributed by atoms with van der Waals surface area (Å²) in [6.07, 6.45) is 0. The molecule has 16 heavy (non-hydrogen) atoms. The number of hydrogen-bond donors (Lipinski definition) is 3. The normalized spacial score (nSPS) is 19.9. The molecule has 0 aromatic heterocycles. The van der Waals surface area contributed by atoms with Crippen LogP contribution in [0.5, 0.6) is 0 Å². The van der Waals surface area contributed by atoms with Gasteiger partial charge in [-0.2, -0.15) is 0 Å². The zero-order valence-electron chi connectivity index (χ0n) is 8.77. The molecule has 0 spiro atoms. The van der Waals surface area contributed by atoms with Crippen LogP contribution in [0, 0.1) is 0 Å². The predicted octanol–water partition coefficient (Wildman–Crippen LogP) is 1.04. The Bertz CT molecular complexity index is 348. The average molecular weight is 243 g/mol. The van der Waals surface area contributed by atoms with Crippen LogP contribution in [0.2, 0.25) is 0 Å². The Hall–Kier alpha value is -1.10. The van der Waals surface area contributed by atoms with E-state index in [1.54, 1.807) is 12.1 Å². The van der Waals surface area contributed by atoms with Crippen LogP contribution in [-0.2, 0) is 0 Å². The Kier molecular flexibility index (Phi) is 4.73. The fourth-order valence-corrected chi connectivity index (χ4v) is 1.75. The van der Waals surface area contributed by atoms with Gasteiger partial charge >= 0.3 is 5.97 Å². The van der Waals surface area contributed by atoms with E-state index in [4.69, 9.17) is 5.11 Å². The molecule has 1 fully saturated rings. The van der Waals surface area contributed by atoms with E-state index in [2.05, 4.69) is 10.6 Å². The van der Waals surface area contributed by atoms with Crippen molar-refractivity contribution in [3.05, 3.63) is 35.4 Å². The molecule has 0 amide bonds. The molecule has 0 unspecified atom stereocenters. The SMILES string of the molecule is Cl.O=C(O)c1ccc([C@@H]2CNCCN2)cc1. The summed E-state index contributed by atoms with van der Waals surface area (Å²) in [4.78, 5) is 10.7. The number of rotatable bonds is 2. The van der Waals surface area contributed by atoms with Gasteiger partial charge in [-0.1, -0.05) is 12.1 Å². The summed E-state index contributed by atoms with van der Waals surface area (Å²) in [5.41, 5.74) is 1.47. The summed E-state index contributed by atoms with van der Waals surface area (Å²) < 4.78 is 0. The molecular formula is C11H15ClN2O2. The Labute approximate surface area is 100 Å². The second kappa shape index (κ2) is 5.84. The lowest BCUT2D eigenvalue weighted by molar-refractivity contribution is 0.0697. The minimum absolute atomic E-state index is 0. The molecule has 1 atom stereocenters. The quantitative estimate of drug-likeness (QED) is 0.725. The molecule has 0 saturated carbocycles. The minimum Gasteiger partial charge on any atom is -0.478 e. The number of carbonyl (C=O) groups is 1. The van der Waals surface area contributed by atoms with Crippen molar-refractivity contribution in [1.29, 1.82) is 0 Å². The highest BCUT2D eigenvalue weighted by Crippen LogP contribution is 2.14. The van der Waals surface area contributed by atoms with Crippen LogP contribution in [-0.4, -0.2) is 30.7 Å². The lowest BCUT2D eigenvalue weighted by Crippen LogP contribution is -2.42. The molecule has 1 aromatic carbocycles. The third kappa shape index (κ3) is 2.95. The monoisotopic (exact) mass is 242 g/mol. The maximum absolute atomic E-state index is 10.7. The highest BCUT2D eigenvalue weighted by molar-refractivity contribution is 5.87. The topological polar surface area (TPSA) is 61.4 Å². The molecule has 1 aliphatic heterocycles. The lowest BCUT2D eigenvalue weighted by Gasteiger charge is -2.24. The Morgan fingerprint density at radius 3 is 2.44 bits per heavy atom. The Morgan fingerprint density at radius 2 is 1.94 bits per heavy atom. The molecule has 1 aliphatic rings. The van der Waals surface area contributed by atoms with Crippen LogP contribution in [0.15, 0.2) is 24.3 Å². The van der Waals surface area contributed by atoms with Crippen molar-refractivity contribution < 1.29 is 9.90 Å². The van der Waals surface area contributed by atoms with E-state index >= 15 is 0 Å². The number of benzene rings is 1. The van der Waals surface area contributed by atoms with Gasteiger partial charge in [0.15, 0.2) is 0 Å². The fourth-order valence-electron chi connectivity index (χ4n) is 1.75. The highest BCUT2D eigenvalue weighted by Gasteiger charge is 2.14. The number of aromatic carboxylic acids is 1. The van der Waals surface area contributed by atoms with Crippen LogP contribution >= 0.6 is 12.4 Å². The predicted molar refractivity (Wildman–Crippen MR) is 64.3 cm³/mol. The van der Waals surface area contributed by atoms with E-state index in [9.17, 15) is 4.79 Å². The molecule has 88 valence electrons. The van der Waals surface area contributed by atoms with Crippen LogP contribution in [0.4, 0.5) is 0 Å². The van der Waals surface area contributed by atoms with Crippen LogP contribution < -0.4 is 10.6 Å². The summed E-state index contributed by atoms with van der Waals surface area (Å²) >= 11 is 0. The molecule has 2 rings (SSSR count). The summed E-state index contributed by atoms with van der Waals surface area (Å²) in [5.74, 6) is -0.878. The molecule has 0 bridgehead atoms. The fraction of sp³-hybridized carbons (Fsp3) is 0.364. The minimum atomic E-state index is -0.878. The van der Waals surface area contributed by atoms with Gasteiger partial charge in [-0.25, -0.2) is 4.79 Å². The number of hydrogen-bond acceptors (Lipinski definition) is 3. The van der Waals surface area contributed by atoms with E-state index in [0.29, 0.717) is 11.6 Å². The molecule has 1 heterocycles. The van der Waals surface area contributed by atoms with Gasteiger partial charge in [0.25, 0.3) is 0 Å². The standard InChI is InChI=1S/C11H14N2O2.ClH/c14-11(15)9-3-1-8(2-4-9)10-7-12-5-6-13-10;/h1-4,10,12-13H,5-7H2,(H,14,15);1H/t10-;/m0./s1. The van der Waals surface area contributed by atoms with E-state index in [-0.39, 0.29) is 12.4 Å². The zero-order chi connectivity index (χ0) is 10.7. The first kappa shape index (κ1) is 13.0. The molecule has 4 nitrogen and oxygen atoms in total. The van der Waals surface area contributed by atoms with Gasteiger partial charge in [-0.05, 0) is 17.7 Å². The highest BCUT2D eigenvalue weighted by atomic mass is 35.5. The molecule has 0 radical (unpaired) electrons. The number of carboxylic acids is 1. The number of halogens is 1. The molecule has 5 heteroatoms. The first-order valence-electron chi connectivity index (χ1n) is 5.05. The Morgan fingerprint density at radius 1 is 1.25 bits per heavy atom. The van der Waals surface area contributed by atoms with E-state index in [1.165, 1.54) is 0 Å². The zero-order valence-corrected chi connectivity index (χ0v) is 9.59. The van der Waals surface area contributed by atoms with Crippen molar-refractivity contribution in [1.82, 2.24) is 10.6 Å². The largest absolute Gasteiger partial charge is 0.478 e. The molecule has 1 saturated heterocycles. The molecular weight excluding hydrogens is 228 g/mol. The third-order valence-corrected chi connectivity index (χ3v) is 2.60. The van der Waals surface area contributed by atoms with Crippen LogP contribution in [0.25, 0.3) is 0 Å². The molecule has 1 aromatic rings. The van der Waals surface area contributed by atoms with E-state index < -0.39 is 5.97 Å². The van der Waals surface area contributed by atoms with Crippen molar-refractivity contribution in [3.8, 4) is 0 Å². The smallest absolute Gasteiger partial charge is 0.335 e.